The number of carbonyl (C=O) groups excluding carboxylic acids is 1. The lowest BCUT2D eigenvalue weighted by Gasteiger charge is -2.15. The highest BCUT2D eigenvalue weighted by Crippen LogP contribution is 2.20. The Kier molecular flexibility index (Phi) is 5.06. The molecule has 0 heterocycles. The predicted molar refractivity (Wildman–Crippen MR) is 73.5 cm³/mol. The maximum absolute atomic E-state index is 13.6. The number of rotatable bonds is 5. The van der Waals surface area contributed by atoms with Gasteiger partial charge in [-0.25, -0.2) is 17.6 Å². The summed E-state index contributed by atoms with van der Waals surface area (Å²) in [4.78, 5) is 23.5. The molecule has 1 N–H and O–H groups in total. The van der Waals surface area contributed by atoms with Crippen molar-refractivity contribution >= 4 is 21.7 Å². The highest BCUT2D eigenvalue weighted by Gasteiger charge is 2.24. The molecule has 116 valence electrons. The number of carboxylic acid groups (broad SMARTS) is 1. The number of benzene rings is 1. The molecule has 0 aliphatic rings. The molecule has 1 aromatic carbocycles. The van der Waals surface area contributed by atoms with Crippen LogP contribution in [-0.4, -0.2) is 49.6 Å². The summed E-state index contributed by atoms with van der Waals surface area (Å²) in [6.07, 6.45) is 0. The van der Waals surface area contributed by atoms with E-state index in [0.717, 1.165) is 12.1 Å². The second kappa shape index (κ2) is 6.21. The lowest BCUT2D eigenvalue weighted by molar-refractivity contribution is -0.126. The van der Waals surface area contributed by atoms with E-state index in [2.05, 4.69) is 0 Å². The van der Waals surface area contributed by atoms with Crippen molar-refractivity contribution in [3.63, 3.8) is 0 Å². The van der Waals surface area contributed by atoms with E-state index in [-0.39, 0.29) is 10.5 Å². The topological polar surface area (TPSA) is 91.8 Å². The van der Waals surface area contributed by atoms with E-state index in [1.807, 2.05) is 0 Å². The molecule has 8 heteroatoms. The predicted octanol–water partition coefficient (Wildman–Crippen LogP) is 1.08. The van der Waals surface area contributed by atoms with E-state index >= 15 is 0 Å². The van der Waals surface area contributed by atoms with Crippen molar-refractivity contribution in [1.29, 1.82) is 0 Å². The minimum absolute atomic E-state index is 0.107. The first-order valence-corrected chi connectivity index (χ1v) is 7.75. The molecule has 21 heavy (non-hydrogen) atoms. The number of sulfone groups is 1. The second-order valence-electron chi connectivity index (χ2n) is 4.57. The molecule has 1 aromatic rings. The Hall–Kier alpha value is -1.96. The van der Waals surface area contributed by atoms with Crippen LogP contribution in [0.5, 0.6) is 0 Å². The van der Waals surface area contributed by atoms with E-state index in [1.54, 1.807) is 6.92 Å². The van der Waals surface area contributed by atoms with Gasteiger partial charge >= 0.3 is 5.97 Å². The number of aryl methyl sites for hydroxylation is 1. The van der Waals surface area contributed by atoms with Crippen LogP contribution in [-0.2, 0) is 14.6 Å². The maximum atomic E-state index is 13.6. The summed E-state index contributed by atoms with van der Waals surface area (Å²) in [5, 5.41) is 8.88. The van der Waals surface area contributed by atoms with Gasteiger partial charge in [-0.2, -0.15) is 0 Å². The van der Waals surface area contributed by atoms with Gasteiger partial charge in [0.25, 0.3) is 0 Å². The quantitative estimate of drug-likeness (QED) is 0.821. The Labute approximate surface area is 122 Å². The van der Waals surface area contributed by atoms with Crippen molar-refractivity contribution in [3.8, 4) is 0 Å². The zero-order valence-corrected chi connectivity index (χ0v) is 12.7. The fourth-order valence-electron chi connectivity index (χ4n) is 1.60. The third-order valence-corrected chi connectivity index (χ3v) is 4.61. The molecule has 6 nitrogen and oxygen atoms in total. The zero-order chi connectivity index (χ0) is 16.4. The van der Waals surface area contributed by atoms with E-state index in [4.69, 9.17) is 5.11 Å². The standard InChI is InChI=1S/C13H16FNO5S/c1-4-15(3)11(16)7-21(19,20)9-5-8(2)12(14)10(6-9)13(17)18/h5-6H,4,7H2,1-3H3,(H,17,18). The van der Waals surface area contributed by atoms with Crippen molar-refractivity contribution < 1.29 is 27.5 Å². The largest absolute Gasteiger partial charge is 0.478 e. The first-order valence-electron chi connectivity index (χ1n) is 6.10. The van der Waals surface area contributed by atoms with Gasteiger partial charge in [-0.05, 0) is 31.5 Å². The number of carboxylic acids is 1. The molecule has 0 aromatic heterocycles. The molecule has 0 fully saturated rings. The van der Waals surface area contributed by atoms with Crippen molar-refractivity contribution in [3.05, 3.63) is 29.1 Å². The van der Waals surface area contributed by atoms with Gasteiger partial charge in [-0.1, -0.05) is 0 Å². The Morgan fingerprint density at radius 3 is 2.38 bits per heavy atom. The number of halogens is 1. The molecular weight excluding hydrogens is 301 g/mol. The van der Waals surface area contributed by atoms with Gasteiger partial charge < -0.3 is 10.0 Å². The van der Waals surface area contributed by atoms with E-state index in [9.17, 15) is 22.4 Å². The second-order valence-corrected chi connectivity index (χ2v) is 6.56. The van der Waals surface area contributed by atoms with Crippen LogP contribution < -0.4 is 0 Å². The molecule has 0 spiro atoms. The summed E-state index contributed by atoms with van der Waals surface area (Å²) in [7, 11) is -2.58. The van der Waals surface area contributed by atoms with Gasteiger partial charge in [0.2, 0.25) is 5.91 Å². The summed E-state index contributed by atoms with van der Waals surface area (Å²) in [6.45, 7) is 3.30. The number of hydrogen-bond donors (Lipinski definition) is 1. The summed E-state index contributed by atoms with van der Waals surface area (Å²) in [5.41, 5.74) is -0.838. The van der Waals surface area contributed by atoms with Crippen LogP contribution in [0.15, 0.2) is 17.0 Å². The van der Waals surface area contributed by atoms with Gasteiger partial charge in [0.1, 0.15) is 11.6 Å². The van der Waals surface area contributed by atoms with Gasteiger partial charge in [-0.3, -0.25) is 4.79 Å². The third-order valence-electron chi connectivity index (χ3n) is 3.03. The van der Waals surface area contributed by atoms with Crippen LogP contribution >= 0.6 is 0 Å². The Morgan fingerprint density at radius 1 is 1.33 bits per heavy atom. The van der Waals surface area contributed by atoms with Crippen LogP contribution in [0.3, 0.4) is 0 Å². The Balaban J connectivity index is 3.27. The first-order chi connectivity index (χ1) is 9.60. The fraction of sp³-hybridized carbons (Fsp3) is 0.385. The molecule has 0 saturated carbocycles. The minimum atomic E-state index is -4.03. The van der Waals surface area contributed by atoms with Gasteiger partial charge in [0.05, 0.1) is 10.5 Å². The van der Waals surface area contributed by atoms with E-state index < -0.39 is 38.8 Å². The minimum Gasteiger partial charge on any atom is -0.478 e. The molecular formula is C13H16FNO5S. The van der Waals surface area contributed by atoms with E-state index in [1.165, 1.54) is 18.9 Å². The molecule has 0 bridgehead atoms. The molecule has 1 amide bonds. The monoisotopic (exact) mass is 317 g/mol. The Morgan fingerprint density at radius 2 is 1.90 bits per heavy atom. The highest BCUT2D eigenvalue weighted by atomic mass is 32.2. The third kappa shape index (κ3) is 3.78. The number of amides is 1. The van der Waals surface area contributed by atoms with Crippen LogP contribution in [0.1, 0.15) is 22.8 Å². The maximum Gasteiger partial charge on any atom is 0.338 e. The Bertz CT molecular complexity index is 684. The van der Waals surface area contributed by atoms with Crippen LogP contribution in [0.4, 0.5) is 4.39 Å². The van der Waals surface area contributed by atoms with Crippen LogP contribution in [0, 0.1) is 12.7 Å². The SMILES string of the molecule is CCN(C)C(=O)CS(=O)(=O)c1cc(C)c(F)c(C(=O)O)c1. The van der Waals surface area contributed by atoms with Crippen molar-refractivity contribution in [2.75, 3.05) is 19.3 Å². The average molecular weight is 317 g/mol. The first kappa shape index (κ1) is 17.1. The van der Waals surface area contributed by atoms with Crippen molar-refractivity contribution in [2.24, 2.45) is 0 Å². The van der Waals surface area contributed by atoms with Gasteiger partial charge in [0.15, 0.2) is 9.84 Å². The van der Waals surface area contributed by atoms with Gasteiger partial charge in [0, 0.05) is 13.6 Å². The van der Waals surface area contributed by atoms with Gasteiger partial charge in [-0.15, -0.1) is 0 Å². The lowest BCUT2D eigenvalue weighted by atomic mass is 10.1. The number of carbonyl (C=O) groups is 2. The van der Waals surface area contributed by atoms with Crippen LogP contribution in [0.2, 0.25) is 0 Å². The average Bonchev–Trinajstić information content (AvgIpc) is 2.39. The van der Waals surface area contributed by atoms with E-state index in [0.29, 0.717) is 6.54 Å². The summed E-state index contributed by atoms with van der Waals surface area (Å²) < 4.78 is 37.9. The fourth-order valence-corrected chi connectivity index (χ4v) is 2.97. The molecule has 0 saturated heterocycles. The zero-order valence-electron chi connectivity index (χ0n) is 11.9. The molecule has 0 radical (unpaired) electrons. The molecule has 0 aliphatic heterocycles. The summed E-state index contributed by atoms with van der Waals surface area (Å²) >= 11 is 0. The van der Waals surface area contributed by atoms with Crippen LogP contribution in [0.25, 0.3) is 0 Å². The highest BCUT2D eigenvalue weighted by molar-refractivity contribution is 7.92. The number of nitrogens with zero attached hydrogens (tertiary/aromatic N) is 1. The van der Waals surface area contributed by atoms with Crippen molar-refractivity contribution in [1.82, 2.24) is 4.90 Å². The summed E-state index contributed by atoms with van der Waals surface area (Å²) in [5.74, 6) is -3.96. The van der Waals surface area contributed by atoms with Crippen molar-refractivity contribution in [2.45, 2.75) is 18.7 Å². The molecule has 0 atom stereocenters. The molecule has 0 aliphatic carbocycles. The smallest absolute Gasteiger partial charge is 0.338 e. The number of hydrogen-bond acceptors (Lipinski definition) is 4. The number of aromatic carboxylic acids is 1. The lowest BCUT2D eigenvalue weighted by Crippen LogP contribution is -2.32. The summed E-state index contributed by atoms with van der Waals surface area (Å²) in [6, 6.07) is 1.76. The molecule has 0 unspecified atom stereocenters. The molecule has 1 rings (SSSR count). The normalized spacial score (nSPS) is 11.2.